The molecule has 2 N–H and O–H groups in total. The summed E-state index contributed by atoms with van der Waals surface area (Å²) in [7, 11) is 1.84. The van der Waals surface area contributed by atoms with Gasteiger partial charge in [0.2, 0.25) is 0 Å². The second kappa shape index (κ2) is 13.0. The van der Waals surface area contributed by atoms with E-state index in [2.05, 4.69) is 77.7 Å². The Hall–Kier alpha value is -1.64. The number of benzene rings is 2. The fourth-order valence-electron chi connectivity index (χ4n) is 3.89. The van der Waals surface area contributed by atoms with Crippen molar-refractivity contribution in [1.82, 2.24) is 15.5 Å². The van der Waals surface area contributed by atoms with Gasteiger partial charge < -0.3 is 15.4 Å². The maximum absolute atomic E-state index is 5.96. The van der Waals surface area contributed by atoms with Crippen LogP contribution in [0.3, 0.4) is 0 Å². The first-order valence-electron chi connectivity index (χ1n) is 11.0. The van der Waals surface area contributed by atoms with Crippen LogP contribution in [0.25, 0.3) is 0 Å². The molecule has 1 heterocycles. The Labute approximate surface area is 204 Å². The van der Waals surface area contributed by atoms with Crippen LogP contribution in [0.15, 0.2) is 59.6 Å². The van der Waals surface area contributed by atoms with E-state index in [1.54, 1.807) is 0 Å². The van der Waals surface area contributed by atoms with Gasteiger partial charge in [-0.15, -0.1) is 24.0 Å². The number of hydrogen-bond donors (Lipinski definition) is 2. The second-order valence-electron chi connectivity index (χ2n) is 8.45. The molecule has 1 fully saturated rings. The molecule has 2 atom stereocenters. The topological polar surface area (TPSA) is 48.9 Å². The third-order valence-corrected chi connectivity index (χ3v) is 5.85. The number of likely N-dealkylation sites (tertiary alicyclic amines) is 1. The quantitative estimate of drug-likeness (QED) is 0.298. The van der Waals surface area contributed by atoms with Gasteiger partial charge >= 0.3 is 0 Å². The molecule has 3 rings (SSSR count). The van der Waals surface area contributed by atoms with E-state index in [0.717, 1.165) is 25.6 Å². The largest absolute Gasteiger partial charge is 0.372 e. The maximum atomic E-state index is 5.96. The highest BCUT2D eigenvalue weighted by Gasteiger charge is 2.31. The van der Waals surface area contributed by atoms with Gasteiger partial charge in [-0.25, -0.2) is 0 Å². The van der Waals surface area contributed by atoms with Crippen LogP contribution < -0.4 is 10.6 Å². The van der Waals surface area contributed by atoms with Gasteiger partial charge in [-0.1, -0.05) is 61.5 Å². The van der Waals surface area contributed by atoms with Crippen molar-refractivity contribution < 1.29 is 4.74 Å². The zero-order chi connectivity index (χ0) is 21.3. The highest BCUT2D eigenvalue weighted by atomic mass is 127. The molecule has 0 spiro atoms. The van der Waals surface area contributed by atoms with E-state index in [9.17, 15) is 0 Å². The zero-order valence-electron chi connectivity index (χ0n) is 19.2. The highest BCUT2D eigenvalue weighted by molar-refractivity contribution is 14.0. The molecule has 170 valence electrons. The molecule has 2 aromatic carbocycles. The lowest BCUT2D eigenvalue weighted by Crippen LogP contribution is -2.46. The molecule has 0 saturated carbocycles. The number of rotatable bonds is 8. The molecule has 31 heavy (non-hydrogen) atoms. The molecular formula is C25H37IN4O. The number of hydrogen-bond acceptors (Lipinski definition) is 3. The normalized spacial score (nSPS) is 19.3. The van der Waals surface area contributed by atoms with Crippen molar-refractivity contribution in [2.24, 2.45) is 10.9 Å². The lowest BCUT2D eigenvalue weighted by atomic mass is 10.1. The summed E-state index contributed by atoms with van der Waals surface area (Å²) in [5.41, 5.74) is 3.63. The van der Waals surface area contributed by atoms with E-state index in [0.29, 0.717) is 31.2 Å². The molecule has 1 saturated heterocycles. The molecule has 0 amide bonds. The molecule has 0 aromatic heterocycles. The van der Waals surface area contributed by atoms with Gasteiger partial charge in [0.15, 0.2) is 5.96 Å². The van der Waals surface area contributed by atoms with Crippen molar-refractivity contribution in [3.05, 3.63) is 71.3 Å². The lowest BCUT2D eigenvalue weighted by Gasteiger charge is -2.22. The minimum atomic E-state index is 0. The molecule has 5 nitrogen and oxygen atoms in total. The summed E-state index contributed by atoms with van der Waals surface area (Å²) < 4.78 is 5.96. The Balaban J connectivity index is 0.00000341. The molecule has 1 aliphatic heterocycles. The lowest BCUT2D eigenvalue weighted by molar-refractivity contribution is 0.106. The summed E-state index contributed by atoms with van der Waals surface area (Å²) in [6.45, 7) is 11.0. The number of nitrogens with zero attached hydrogens (tertiary/aromatic N) is 2. The molecular weight excluding hydrogens is 499 g/mol. The van der Waals surface area contributed by atoms with Crippen molar-refractivity contribution in [3.8, 4) is 0 Å². The Morgan fingerprint density at radius 1 is 1.03 bits per heavy atom. The van der Waals surface area contributed by atoms with Crippen molar-refractivity contribution >= 4 is 29.9 Å². The predicted molar refractivity (Wildman–Crippen MR) is 140 cm³/mol. The summed E-state index contributed by atoms with van der Waals surface area (Å²) in [5.74, 6) is 1.46. The first-order chi connectivity index (χ1) is 14.6. The highest BCUT2D eigenvalue weighted by Crippen LogP contribution is 2.18. The number of halogens is 1. The van der Waals surface area contributed by atoms with E-state index in [1.807, 2.05) is 25.2 Å². The monoisotopic (exact) mass is 536 g/mol. The van der Waals surface area contributed by atoms with Crippen molar-refractivity contribution in [1.29, 1.82) is 0 Å². The zero-order valence-corrected chi connectivity index (χ0v) is 21.5. The van der Waals surface area contributed by atoms with Crippen LogP contribution in [0.5, 0.6) is 0 Å². The first-order valence-corrected chi connectivity index (χ1v) is 11.0. The average Bonchev–Trinajstić information content (AvgIpc) is 3.13. The van der Waals surface area contributed by atoms with Crippen molar-refractivity contribution in [2.45, 2.75) is 52.6 Å². The van der Waals surface area contributed by atoms with Crippen LogP contribution >= 0.6 is 24.0 Å². The molecule has 2 unspecified atom stereocenters. The van der Waals surface area contributed by atoms with E-state index < -0.39 is 0 Å². The average molecular weight is 537 g/mol. The molecule has 0 bridgehead atoms. The van der Waals surface area contributed by atoms with Crippen LogP contribution in [0.1, 0.15) is 37.5 Å². The van der Waals surface area contributed by atoms with Gasteiger partial charge in [0.1, 0.15) is 0 Å². The van der Waals surface area contributed by atoms with Gasteiger partial charge in [-0.2, -0.15) is 0 Å². The van der Waals surface area contributed by atoms with Gasteiger partial charge in [0, 0.05) is 38.8 Å². The van der Waals surface area contributed by atoms with Gasteiger partial charge in [0.05, 0.1) is 13.2 Å². The first kappa shape index (κ1) is 25.6. The van der Waals surface area contributed by atoms with E-state index in [1.165, 1.54) is 16.7 Å². The summed E-state index contributed by atoms with van der Waals surface area (Å²) in [6, 6.07) is 19.7. The number of ether oxygens (including phenoxy) is 1. The predicted octanol–water partition coefficient (Wildman–Crippen LogP) is 4.42. The van der Waals surface area contributed by atoms with Crippen molar-refractivity contribution in [2.75, 3.05) is 20.1 Å². The van der Waals surface area contributed by atoms with Crippen LogP contribution in [0.2, 0.25) is 0 Å². The second-order valence-corrected chi connectivity index (χ2v) is 8.45. The summed E-state index contributed by atoms with van der Waals surface area (Å²) in [6.07, 6.45) is 0. The molecule has 0 radical (unpaired) electrons. The third-order valence-electron chi connectivity index (χ3n) is 5.85. The van der Waals surface area contributed by atoms with Crippen LogP contribution in [0, 0.1) is 5.92 Å². The summed E-state index contributed by atoms with van der Waals surface area (Å²) in [4.78, 5) is 6.97. The van der Waals surface area contributed by atoms with E-state index >= 15 is 0 Å². The van der Waals surface area contributed by atoms with Gasteiger partial charge in [-0.3, -0.25) is 9.89 Å². The van der Waals surface area contributed by atoms with Gasteiger partial charge in [0.25, 0.3) is 0 Å². The Morgan fingerprint density at radius 3 is 2.35 bits per heavy atom. The Kier molecular flexibility index (Phi) is 10.8. The molecule has 6 heteroatoms. The van der Waals surface area contributed by atoms with Crippen LogP contribution in [0.4, 0.5) is 0 Å². The summed E-state index contributed by atoms with van der Waals surface area (Å²) in [5, 5.41) is 7.11. The summed E-state index contributed by atoms with van der Waals surface area (Å²) >= 11 is 0. The van der Waals surface area contributed by atoms with Crippen LogP contribution in [-0.4, -0.2) is 43.1 Å². The molecule has 0 aliphatic carbocycles. The molecule has 2 aromatic rings. The number of aliphatic imine (C=N–C) groups is 1. The maximum Gasteiger partial charge on any atom is 0.191 e. The Morgan fingerprint density at radius 2 is 1.71 bits per heavy atom. The fraction of sp³-hybridized carbons (Fsp3) is 0.480. The Bertz CT molecular complexity index is 812. The standard InChI is InChI=1S/C25H36N4O.HI/c1-19(2)29-15-20(3)24(16-29)28-25(26-4)27-14-22-12-8-9-13-23(22)18-30-17-21-10-6-5-7-11-21;/h5-13,19-20,24H,14-18H2,1-4H3,(H2,26,27,28);1H. The number of nitrogens with one attached hydrogen (secondary N) is 2. The van der Waals surface area contributed by atoms with Gasteiger partial charge in [-0.05, 0) is 36.5 Å². The minimum Gasteiger partial charge on any atom is -0.372 e. The number of guanidine groups is 1. The minimum absolute atomic E-state index is 0. The SMILES string of the molecule is CN=C(NCc1ccccc1COCc1ccccc1)NC1CN(C(C)C)CC1C.I. The molecule has 1 aliphatic rings. The smallest absolute Gasteiger partial charge is 0.191 e. The van der Waals surface area contributed by atoms with Crippen LogP contribution in [-0.2, 0) is 24.5 Å². The van der Waals surface area contributed by atoms with E-state index in [4.69, 9.17) is 4.74 Å². The van der Waals surface area contributed by atoms with Crippen molar-refractivity contribution in [3.63, 3.8) is 0 Å². The third kappa shape index (κ3) is 7.77. The fourth-order valence-corrected chi connectivity index (χ4v) is 3.89. The van der Waals surface area contributed by atoms with E-state index in [-0.39, 0.29) is 24.0 Å².